The van der Waals surface area contributed by atoms with Gasteiger partial charge in [0.2, 0.25) is 5.91 Å². The maximum absolute atomic E-state index is 11.5. The number of aliphatic hydroxyl groups is 1. The minimum atomic E-state index is -0.657. The summed E-state index contributed by atoms with van der Waals surface area (Å²) in [6, 6.07) is -0.522. The largest absolute Gasteiger partial charge is 0.387 e. The Balaban J connectivity index is 2.14. The summed E-state index contributed by atoms with van der Waals surface area (Å²) in [6.45, 7) is 3.87. The number of methoxy groups -OCH3 is 1. The van der Waals surface area contributed by atoms with Gasteiger partial charge in [0.25, 0.3) is 0 Å². The molecule has 0 aromatic carbocycles. The number of imide groups is 1. The molecule has 0 saturated carbocycles. The van der Waals surface area contributed by atoms with Crippen LogP contribution in [0.15, 0.2) is 0 Å². The van der Waals surface area contributed by atoms with Crippen molar-refractivity contribution >= 4 is 11.9 Å². The lowest BCUT2D eigenvalue weighted by atomic mass is 9.89. The molecule has 19 heavy (non-hydrogen) atoms. The smallest absolute Gasteiger partial charge is 0.321 e. The first kappa shape index (κ1) is 15.9. The number of hydrogen-bond acceptors (Lipinski definition) is 5. The molecule has 0 unspecified atom stereocenters. The predicted molar refractivity (Wildman–Crippen MR) is 69.7 cm³/mol. The second-order valence-electron chi connectivity index (χ2n) is 4.92. The quantitative estimate of drug-likeness (QED) is 0.534. The van der Waals surface area contributed by atoms with E-state index in [1.54, 1.807) is 0 Å². The lowest BCUT2D eigenvalue weighted by Crippen LogP contribution is -2.63. The van der Waals surface area contributed by atoms with E-state index in [0.717, 1.165) is 12.8 Å². The molecule has 0 bridgehead atoms. The van der Waals surface area contributed by atoms with Gasteiger partial charge in [0.15, 0.2) is 0 Å². The van der Waals surface area contributed by atoms with E-state index < -0.39 is 11.6 Å². The molecule has 7 nitrogen and oxygen atoms in total. The molecule has 7 heteroatoms. The van der Waals surface area contributed by atoms with E-state index in [-0.39, 0.29) is 12.5 Å². The molecule has 1 fully saturated rings. The molecule has 3 N–H and O–H groups in total. The number of carbonyl (C=O) groups excluding carboxylic acids is 2. The molecule has 0 atom stereocenters. The number of urea groups is 1. The van der Waals surface area contributed by atoms with Gasteiger partial charge >= 0.3 is 6.03 Å². The third kappa shape index (κ3) is 5.54. The van der Waals surface area contributed by atoms with Crippen molar-refractivity contribution in [3.05, 3.63) is 0 Å². The lowest BCUT2D eigenvalue weighted by molar-refractivity contribution is -0.132. The van der Waals surface area contributed by atoms with Crippen molar-refractivity contribution in [2.24, 2.45) is 0 Å². The molecule has 1 aliphatic heterocycles. The van der Waals surface area contributed by atoms with Crippen molar-refractivity contribution in [3.8, 4) is 0 Å². The van der Waals surface area contributed by atoms with E-state index in [0.29, 0.717) is 26.2 Å². The Kier molecular flexibility index (Phi) is 6.20. The first-order chi connectivity index (χ1) is 8.99. The fourth-order valence-electron chi connectivity index (χ4n) is 2.20. The van der Waals surface area contributed by atoms with E-state index >= 15 is 0 Å². The number of likely N-dealkylation sites (tertiary alicyclic amines) is 1. The fourth-order valence-corrected chi connectivity index (χ4v) is 2.20. The molecule has 1 saturated heterocycles. The zero-order valence-electron chi connectivity index (χ0n) is 11.6. The SMILES string of the molecule is CCCC1(O)CN(CC(=O)NC(=O)NCCOC)C1. The van der Waals surface area contributed by atoms with Crippen molar-refractivity contribution in [1.29, 1.82) is 0 Å². The third-order valence-corrected chi connectivity index (χ3v) is 2.96. The van der Waals surface area contributed by atoms with Gasteiger partial charge < -0.3 is 15.2 Å². The first-order valence-electron chi connectivity index (χ1n) is 6.50. The minimum Gasteiger partial charge on any atom is -0.387 e. The molecular formula is C12H23N3O4. The highest BCUT2D eigenvalue weighted by molar-refractivity contribution is 5.95. The molecule has 110 valence electrons. The van der Waals surface area contributed by atoms with Gasteiger partial charge in [-0.2, -0.15) is 0 Å². The van der Waals surface area contributed by atoms with Crippen molar-refractivity contribution < 1.29 is 19.4 Å². The highest BCUT2D eigenvalue weighted by Gasteiger charge is 2.40. The Morgan fingerprint density at radius 2 is 2.11 bits per heavy atom. The number of rotatable bonds is 7. The summed E-state index contributed by atoms with van der Waals surface area (Å²) < 4.78 is 4.77. The summed E-state index contributed by atoms with van der Waals surface area (Å²) in [7, 11) is 1.53. The molecule has 3 amide bonds. The van der Waals surface area contributed by atoms with Gasteiger partial charge in [-0.05, 0) is 6.42 Å². The van der Waals surface area contributed by atoms with Gasteiger partial charge in [0, 0.05) is 26.7 Å². The van der Waals surface area contributed by atoms with Crippen LogP contribution in [0.25, 0.3) is 0 Å². The molecular weight excluding hydrogens is 250 g/mol. The average molecular weight is 273 g/mol. The Hall–Kier alpha value is -1.18. The predicted octanol–water partition coefficient (Wildman–Crippen LogP) is -0.695. The van der Waals surface area contributed by atoms with Crippen LogP contribution >= 0.6 is 0 Å². The van der Waals surface area contributed by atoms with Gasteiger partial charge in [0.1, 0.15) is 0 Å². The Morgan fingerprint density at radius 3 is 2.68 bits per heavy atom. The van der Waals surface area contributed by atoms with Gasteiger partial charge in [-0.3, -0.25) is 15.0 Å². The Bertz CT molecular complexity index is 316. The van der Waals surface area contributed by atoms with Crippen molar-refractivity contribution in [1.82, 2.24) is 15.5 Å². The number of β-amino-alcohol motifs (C(OH)–C–C–N with tert-alkyl or cyclic N) is 1. The van der Waals surface area contributed by atoms with Crippen LogP contribution in [0, 0.1) is 0 Å². The molecule has 1 aliphatic rings. The normalized spacial score (nSPS) is 17.6. The first-order valence-corrected chi connectivity index (χ1v) is 6.50. The van der Waals surface area contributed by atoms with Gasteiger partial charge in [-0.1, -0.05) is 13.3 Å². The summed E-state index contributed by atoms with van der Waals surface area (Å²) in [5.74, 6) is -0.367. The monoisotopic (exact) mass is 273 g/mol. The fraction of sp³-hybridized carbons (Fsp3) is 0.833. The van der Waals surface area contributed by atoms with Gasteiger partial charge in [-0.25, -0.2) is 4.79 Å². The number of nitrogens with one attached hydrogen (secondary N) is 2. The Labute approximate surface area is 113 Å². The van der Waals surface area contributed by atoms with Crippen LogP contribution in [-0.4, -0.2) is 67.4 Å². The van der Waals surface area contributed by atoms with Crippen LogP contribution in [0.1, 0.15) is 19.8 Å². The van der Waals surface area contributed by atoms with E-state index in [1.807, 2.05) is 11.8 Å². The van der Waals surface area contributed by atoms with Crippen molar-refractivity contribution in [2.45, 2.75) is 25.4 Å². The number of hydrogen-bond donors (Lipinski definition) is 3. The summed E-state index contributed by atoms with van der Waals surface area (Å²) >= 11 is 0. The molecule has 1 rings (SSSR count). The van der Waals surface area contributed by atoms with Crippen LogP contribution in [-0.2, 0) is 9.53 Å². The zero-order valence-corrected chi connectivity index (χ0v) is 11.6. The zero-order chi connectivity index (χ0) is 14.3. The van der Waals surface area contributed by atoms with Crippen LogP contribution in [0.4, 0.5) is 4.79 Å². The standard InChI is InChI=1S/C12H23N3O4/c1-3-4-12(18)8-15(9-12)7-10(16)14-11(17)13-5-6-19-2/h18H,3-9H2,1-2H3,(H2,13,14,16,17). The summed E-state index contributed by atoms with van der Waals surface area (Å²) in [6.07, 6.45) is 1.65. The Morgan fingerprint density at radius 1 is 1.42 bits per heavy atom. The van der Waals surface area contributed by atoms with Crippen molar-refractivity contribution in [2.75, 3.05) is 39.9 Å². The second-order valence-corrected chi connectivity index (χ2v) is 4.92. The van der Waals surface area contributed by atoms with Crippen LogP contribution in [0.5, 0.6) is 0 Å². The number of ether oxygens (including phenoxy) is 1. The molecule has 0 radical (unpaired) electrons. The van der Waals surface area contributed by atoms with Crippen molar-refractivity contribution in [3.63, 3.8) is 0 Å². The van der Waals surface area contributed by atoms with Crippen LogP contribution in [0.3, 0.4) is 0 Å². The number of nitrogens with zero attached hydrogens (tertiary/aromatic N) is 1. The molecule has 0 aliphatic carbocycles. The highest BCUT2D eigenvalue weighted by atomic mass is 16.5. The van der Waals surface area contributed by atoms with E-state index in [1.165, 1.54) is 7.11 Å². The maximum atomic E-state index is 11.5. The van der Waals surface area contributed by atoms with Crippen LogP contribution in [0.2, 0.25) is 0 Å². The van der Waals surface area contributed by atoms with Gasteiger partial charge in [0.05, 0.1) is 18.8 Å². The average Bonchev–Trinajstić information content (AvgIpc) is 2.27. The topological polar surface area (TPSA) is 90.9 Å². The molecule has 1 heterocycles. The van der Waals surface area contributed by atoms with E-state index in [9.17, 15) is 14.7 Å². The number of amides is 3. The molecule has 0 aromatic rings. The summed E-state index contributed by atoms with van der Waals surface area (Å²) in [5.41, 5.74) is -0.657. The number of carbonyl (C=O) groups is 2. The minimum absolute atomic E-state index is 0.129. The second kappa shape index (κ2) is 7.42. The molecule has 0 aromatic heterocycles. The van der Waals surface area contributed by atoms with E-state index in [2.05, 4.69) is 10.6 Å². The highest BCUT2D eigenvalue weighted by Crippen LogP contribution is 2.24. The lowest BCUT2D eigenvalue weighted by Gasteiger charge is -2.46. The summed E-state index contributed by atoms with van der Waals surface area (Å²) in [4.78, 5) is 24.6. The van der Waals surface area contributed by atoms with Crippen LogP contribution < -0.4 is 10.6 Å². The summed E-state index contributed by atoms with van der Waals surface area (Å²) in [5, 5.41) is 14.7. The van der Waals surface area contributed by atoms with E-state index in [4.69, 9.17) is 4.74 Å². The molecule has 0 spiro atoms. The maximum Gasteiger partial charge on any atom is 0.321 e. The third-order valence-electron chi connectivity index (χ3n) is 2.96. The van der Waals surface area contributed by atoms with Gasteiger partial charge in [-0.15, -0.1) is 0 Å².